The lowest BCUT2D eigenvalue weighted by atomic mass is 9.66. The van der Waals surface area contributed by atoms with Crippen molar-refractivity contribution in [3.8, 4) is 0 Å². The zero-order valence-electron chi connectivity index (χ0n) is 11.0. The molecular weight excluding hydrogens is 225 g/mol. The Kier molecular flexibility index (Phi) is 2.29. The number of alkyl halides is 1. The van der Waals surface area contributed by atoms with Crippen LogP contribution in [0.25, 0.3) is 0 Å². The molecule has 0 heterocycles. The van der Waals surface area contributed by atoms with Crippen LogP contribution >= 0.6 is 0 Å². The van der Waals surface area contributed by atoms with Gasteiger partial charge in [-0.05, 0) is 79.6 Å². The maximum atomic E-state index is 14.0. The number of hydrogen-bond donors (Lipinski definition) is 1. The Hall–Kier alpha value is -0.370. The van der Waals surface area contributed by atoms with Gasteiger partial charge in [-0.1, -0.05) is 6.58 Å². The molecule has 1 nitrogen and oxygen atoms in total. The van der Waals surface area contributed by atoms with Crippen molar-refractivity contribution in [3.05, 3.63) is 12.7 Å². The van der Waals surface area contributed by atoms with Crippen LogP contribution in [0.1, 0.15) is 38.5 Å². The van der Waals surface area contributed by atoms with Gasteiger partial charge in [0.05, 0.1) is 0 Å². The molecular formula is C16H24FN. The van der Waals surface area contributed by atoms with Crippen LogP contribution in [0.15, 0.2) is 12.7 Å². The van der Waals surface area contributed by atoms with Crippen molar-refractivity contribution >= 4 is 0 Å². The number of nitrogens with two attached hydrogens (primary N) is 1. The van der Waals surface area contributed by atoms with E-state index in [9.17, 15) is 4.39 Å². The average Bonchev–Trinajstić information content (AvgIpc) is 3.06. The van der Waals surface area contributed by atoms with Gasteiger partial charge < -0.3 is 0 Å². The summed E-state index contributed by atoms with van der Waals surface area (Å²) in [5.74, 6) is 4.55. The standard InChI is InChI=1S/C16H24FN/c1-2-16(17,18)8-12-6-11-7-13(12)15-10-4-3-9(5-10)14(11)15/h2,9-15H,1,3-8,18H2. The molecule has 0 aromatic rings. The number of halogens is 1. The second kappa shape index (κ2) is 3.59. The van der Waals surface area contributed by atoms with Gasteiger partial charge in [0, 0.05) is 6.42 Å². The van der Waals surface area contributed by atoms with E-state index >= 15 is 0 Å². The molecule has 4 rings (SSSR count). The van der Waals surface area contributed by atoms with Crippen molar-refractivity contribution in [1.82, 2.24) is 0 Å². The van der Waals surface area contributed by atoms with Crippen molar-refractivity contribution in [3.63, 3.8) is 0 Å². The highest BCUT2D eigenvalue weighted by atomic mass is 19.1. The average molecular weight is 249 g/mol. The smallest absolute Gasteiger partial charge is 0.177 e. The Bertz CT molecular complexity index is 377. The Morgan fingerprint density at radius 3 is 2.56 bits per heavy atom. The third kappa shape index (κ3) is 1.41. The monoisotopic (exact) mass is 249 g/mol. The van der Waals surface area contributed by atoms with Gasteiger partial charge in [0.15, 0.2) is 5.79 Å². The Balaban J connectivity index is 1.53. The summed E-state index contributed by atoms with van der Waals surface area (Å²) in [6, 6.07) is 0. The van der Waals surface area contributed by atoms with E-state index in [1.54, 1.807) is 0 Å². The summed E-state index contributed by atoms with van der Waals surface area (Å²) in [5, 5.41) is 0. The minimum absolute atomic E-state index is 0.512. The van der Waals surface area contributed by atoms with E-state index in [1.807, 2.05) is 0 Å². The highest BCUT2D eigenvalue weighted by Gasteiger charge is 2.62. The number of hydrogen-bond acceptors (Lipinski definition) is 1. The molecule has 100 valence electrons. The van der Waals surface area contributed by atoms with E-state index in [0.717, 1.165) is 35.5 Å². The van der Waals surface area contributed by atoms with Crippen molar-refractivity contribution in [1.29, 1.82) is 0 Å². The van der Waals surface area contributed by atoms with E-state index in [-0.39, 0.29) is 0 Å². The summed E-state index contributed by atoms with van der Waals surface area (Å²) in [7, 11) is 0. The highest BCUT2D eigenvalue weighted by Crippen LogP contribution is 2.69. The maximum Gasteiger partial charge on any atom is 0.177 e. The van der Waals surface area contributed by atoms with Crippen molar-refractivity contribution < 1.29 is 4.39 Å². The summed E-state index contributed by atoms with van der Waals surface area (Å²) in [4.78, 5) is 0. The Morgan fingerprint density at radius 2 is 1.83 bits per heavy atom. The van der Waals surface area contributed by atoms with Gasteiger partial charge >= 0.3 is 0 Å². The van der Waals surface area contributed by atoms with E-state index in [0.29, 0.717) is 12.3 Å². The van der Waals surface area contributed by atoms with Gasteiger partial charge in [-0.25, -0.2) is 4.39 Å². The topological polar surface area (TPSA) is 26.0 Å². The normalized spacial score (nSPS) is 55.6. The molecule has 0 radical (unpaired) electrons. The summed E-state index contributed by atoms with van der Waals surface area (Å²) >= 11 is 0. The SMILES string of the molecule is C=CC(N)(F)CC1CC2CC1C1C3CCC(C3)C21. The lowest BCUT2D eigenvalue weighted by molar-refractivity contribution is 0.0727. The fourth-order valence-corrected chi connectivity index (χ4v) is 6.42. The van der Waals surface area contributed by atoms with Gasteiger partial charge in [0.1, 0.15) is 0 Å². The zero-order chi connectivity index (χ0) is 12.5. The van der Waals surface area contributed by atoms with Crippen LogP contribution in [0.4, 0.5) is 4.39 Å². The Morgan fingerprint density at radius 1 is 1.11 bits per heavy atom. The minimum atomic E-state index is -1.64. The zero-order valence-corrected chi connectivity index (χ0v) is 11.0. The van der Waals surface area contributed by atoms with Crippen LogP contribution in [-0.2, 0) is 0 Å². The van der Waals surface area contributed by atoms with Crippen LogP contribution in [0.3, 0.4) is 0 Å². The van der Waals surface area contributed by atoms with Gasteiger partial charge in [-0.15, -0.1) is 0 Å². The van der Waals surface area contributed by atoms with Gasteiger partial charge in [0.2, 0.25) is 0 Å². The summed E-state index contributed by atoms with van der Waals surface area (Å²) in [5.41, 5.74) is 5.66. The predicted molar refractivity (Wildman–Crippen MR) is 70.4 cm³/mol. The third-order valence-electron chi connectivity index (χ3n) is 6.79. The molecule has 2 N–H and O–H groups in total. The van der Waals surface area contributed by atoms with Gasteiger partial charge in [-0.2, -0.15) is 0 Å². The van der Waals surface area contributed by atoms with Crippen molar-refractivity contribution in [2.24, 2.45) is 47.2 Å². The largest absolute Gasteiger partial charge is 0.296 e. The molecule has 8 unspecified atom stereocenters. The van der Waals surface area contributed by atoms with Crippen LogP contribution < -0.4 is 5.73 Å². The predicted octanol–water partition coefficient (Wildman–Crippen LogP) is 3.51. The molecule has 0 aliphatic heterocycles. The van der Waals surface area contributed by atoms with E-state index in [2.05, 4.69) is 6.58 Å². The number of rotatable bonds is 3. The molecule has 2 heteroatoms. The molecule has 4 fully saturated rings. The third-order valence-corrected chi connectivity index (χ3v) is 6.79. The molecule has 0 amide bonds. The van der Waals surface area contributed by atoms with Gasteiger partial charge in [-0.3, -0.25) is 5.73 Å². The molecule has 18 heavy (non-hydrogen) atoms. The first kappa shape index (κ1) is 11.5. The molecule has 4 aliphatic rings. The lowest BCUT2D eigenvalue weighted by Gasteiger charge is -2.39. The fraction of sp³-hybridized carbons (Fsp3) is 0.875. The molecule has 0 saturated heterocycles. The summed E-state index contributed by atoms with van der Waals surface area (Å²) in [6.07, 6.45) is 8.85. The van der Waals surface area contributed by atoms with Gasteiger partial charge in [0.25, 0.3) is 0 Å². The minimum Gasteiger partial charge on any atom is -0.296 e. The van der Waals surface area contributed by atoms with E-state index in [1.165, 1.54) is 38.2 Å². The molecule has 4 aliphatic carbocycles. The molecule has 4 saturated carbocycles. The van der Waals surface area contributed by atoms with Crippen LogP contribution in [-0.4, -0.2) is 5.79 Å². The van der Waals surface area contributed by atoms with Crippen LogP contribution in [0.2, 0.25) is 0 Å². The van der Waals surface area contributed by atoms with Crippen LogP contribution in [0, 0.1) is 41.4 Å². The van der Waals surface area contributed by atoms with Crippen molar-refractivity contribution in [2.45, 2.75) is 44.3 Å². The highest BCUT2D eigenvalue weighted by molar-refractivity contribution is 5.11. The lowest BCUT2D eigenvalue weighted by Crippen LogP contribution is -2.39. The quantitative estimate of drug-likeness (QED) is 0.462. The molecule has 0 aromatic heterocycles. The van der Waals surface area contributed by atoms with Crippen molar-refractivity contribution in [2.75, 3.05) is 0 Å². The molecule has 4 bridgehead atoms. The Labute approximate surface area is 109 Å². The maximum absolute atomic E-state index is 14.0. The first-order valence-corrected chi connectivity index (χ1v) is 7.70. The summed E-state index contributed by atoms with van der Waals surface area (Å²) < 4.78 is 14.0. The molecule has 0 aromatic carbocycles. The van der Waals surface area contributed by atoms with Crippen LogP contribution in [0.5, 0.6) is 0 Å². The second-order valence-corrected chi connectivity index (χ2v) is 7.48. The first-order chi connectivity index (χ1) is 8.59. The fourth-order valence-electron chi connectivity index (χ4n) is 6.42. The molecule has 0 spiro atoms. The summed E-state index contributed by atoms with van der Waals surface area (Å²) in [6.45, 7) is 3.54. The number of fused-ring (bicyclic) bond motifs is 9. The van der Waals surface area contributed by atoms with E-state index in [4.69, 9.17) is 5.73 Å². The second-order valence-electron chi connectivity index (χ2n) is 7.48. The van der Waals surface area contributed by atoms with E-state index < -0.39 is 5.79 Å². The molecule has 8 atom stereocenters. The first-order valence-electron chi connectivity index (χ1n) is 7.70.